The van der Waals surface area contributed by atoms with E-state index in [1.807, 2.05) is 19.1 Å². The molecule has 0 amide bonds. The Morgan fingerprint density at radius 1 is 1.34 bits per heavy atom. The van der Waals surface area contributed by atoms with Crippen LogP contribution in [-0.4, -0.2) is 64.4 Å². The molecule has 0 spiro atoms. The largest absolute Gasteiger partial charge is 0.457 e. The summed E-state index contributed by atoms with van der Waals surface area (Å²) in [5, 5.41) is -0.0265. The molecule has 0 bridgehead atoms. The summed E-state index contributed by atoms with van der Waals surface area (Å²) in [5.74, 6) is 0.525. The molecule has 0 N–H and O–H groups in total. The van der Waals surface area contributed by atoms with Gasteiger partial charge in [0.05, 0.1) is 10.9 Å². The van der Waals surface area contributed by atoms with Crippen LogP contribution in [0.3, 0.4) is 0 Å². The second-order valence-corrected chi connectivity index (χ2v) is 10.6. The summed E-state index contributed by atoms with van der Waals surface area (Å²) in [5.41, 5.74) is 3.83. The Morgan fingerprint density at radius 3 is 2.72 bits per heavy atom. The number of alkyl halides is 1. The van der Waals surface area contributed by atoms with E-state index in [1.165, 1.54) is 11.8 Å². The minimum Gasteiger partial charge on any atom is -0.457 e. The van der Waals surface area contributed by atoms with E-state index in [1.54, 1.807) is 6.92 Å². The van der Waals surface area contributed by atoms with Crippen molar-refractivity contribution in [1.82, 2.24) is 9.80 Å². The van der Waals surface area contributed by atoms with Crippen molar-refractivity contribution in [2.75, 3.05) is 31.9 Å². The van der Waals surface area contributed by atoms with E-state index in [0.717, 1.165) is 48.6 Å². The average Bonchev–Trinajstić information content (AvgIpc) is 3.02. The van der Waals surface area contributed by atoms with Gasteiger partial charge >= 0.3 is 5.97 Å². The van der Waals surface area contributed by atoms with E-state index in [0.29, 0.717) is 12.2 Å². The van der Waals surface area contributed by atoms with Gasteiger partial charge < -0.3 is 4.74 Å². The summed E-state index contributed by atoms with van der Waals surface area (Å²) >= 11 is 8.27. The summed E-state index contributed by atoms with van der Waals surface area (Å²) in [6, 6.07) is 4.07. The lowest BCUT2D eigenvalue weighted by molar-refractivity contribution is -0.109. The maximum Gasteiger partial charge on any atom is 0.338 e. The molecule has 160 valence electrons. The van der Waals surface area contributed by atoms with E-state index >= 15 is 0 Å². The number of benzene rings is 1. The quantitative estimate of drug-likeness (QED) is 0.511. The molecule has 5 nitrogen and oxygen atoms in total. The number of halogens is 1. The Morgan fingerprint density at radius 2 is 2.07 bits per heavy atom. The van der Waals surface area contributed by atoms with Gasteiger partial charge in [-0.15, -0.1) is 11.6 Å². The van der Waals surface area contributed by atoms with Crippen molar-refractivity contribution in [2.24, 2.45) is 0 Å². The zero-order valence-electron chi connectivity index (χ0n) is 18.0. The van der Waals surface area contributed by atoms with Gasteiger partial charge in [0, 0.05) is 56.0 Å². The monoisotopic (exact) mass is 438 g/mol. The summed E-state index contributed by atoms with van der Waals surface area (Å²) in [7, 11) is 0. The standard InChI is InChI=1S/C22H31ClN2O3S/c1-14-17(6-7-18-19(14)12-28-21(18)27)20(23)11-24-8-9-25(22(3,4)5)10-16(24)13-29-15(2)26/h6-7,16,20H,8-13H2,1-5H3/t16-,20?/m0/s1. The van der Waals surface area contributed by atoms with Gasteiger partial charge in [-0.1, -0.05) is 17.8 Å². The molecule has 1 aromatic carbocycles. The molecular weight excluding hydrogens is 408 g/mol. The molecule has 2 aliphatic rings. The van der Waals surface area contributed by atoms with Gasteiger partial charge in [-0.05, 0) is 44.9 Å². The van der Waals surface area contributed by atoms with Crippen LogP contribution in [0.5, 0.6) is 0 Å². The molecule has 2 heterocycles. The maximum atomic E-state index is 11.8. The lowest BCUT2D eigenvalue weighted by atomic mass is 9.96. The lowest BCUT2D eigenvalue weighted by Gasteiger charge is -2.47. The predicted molar refractivity (Wildman–Crippen MR) is 119 cm³/mol. The summed E-state index contributed by atoms with van der Waals surface area (Å²) in [6.45, 7) is 14.2. The Kier molecular flexibility index (Phi) is 6.99. The fourth-order valence-corrected chi connectivity index (χ4v) is 5.28. The number of esters is 1. The molecule has 29 heavy (non-hydrogen) atoms. The highest BCUT2D eigenvalue weighted by molar-refractivity contribution is 8.13. The Hall–Kier alpha value is -1.08. The predicted octanol–water partition coefficient (Wildman–Crippen LogP) is 4.01. The Balaban J connectivity index is 1.74. The van der Waals surface area contributed by atoms with E-state index in [4.69, 9.17) is 16.3 Å². The maximum absolute atomic E-state index is 11.8. The molecule has 1 aromatic rings. The molecule has 3 rings (SSSR count). The third-order valence-corrected chi connectivity index (χ3v) is 7.30. The third-order valence-electron chi connectivity index (χ3n) is 5.97. The molecule has 1 fully saturated rings. The number of fused-ring (bicyclic) bond motifs is 1. The first-order valence-electron chi connectivity index (χ1n) is 10.1. The average molecular weight is 439 g/mol. The number of hydrogen-bond acceptors (Lipinski definition) is 6. The van der Waals surface area contributed by atoms with Gasteiger partial charge in [-0.25, -0.2) is 4.79 Å². The lowest BCUT2D eigenvalue weighted by Crippen LogP contribution is -2.59. The van der Waals surface area contributed by atoms with E-state index in [9.17, 15) is 9.59 Å². The number of cyclic esters (lactones) is 1. The van der Waals surface area contributed by atoms with E-state index < -0.39 is 0 Å². The van der Waals surface area contributed by atoms with Gasteiger partial charge in [0.2, 0.25) is 0 Å². The summed E-state index contributed by atoms with van der Waals surface area (Å²) in [4.78, 5) is 28.3. The number of piperazine rings is 1. The van der Waals surface area contributed by atoms with E-state index in [-0.39, 0.29) is 28.0 Å². The second kappa shape index (κ2) is 8.96. The number of thioether (sulfide) groups is 1. The molecule has 1 saturated heterocycles. The number of carbonyl (C=O) groups excluding carboxylic acids is 2. The van der Waals surface area contributed by atoms with Gasteiger partial charge in [0.25, 0.3) is 0 Å². The minimum atomic E-state index is -0.250. The molecule has 1 unspecified atom stereocenters. The third kappa shape index (κ3) is 5.16. The molecule has 2 aliphatic heterocycles. The highest BCUT2D eigenvalue weighted by Crippen LogP contribution is 2.33. The molecule has 0 aromatic heterocycles. The normalized spacial score (nSPS) is 21.7. The van der Waals surface area contributed by atoms with Crippen LogP contribution in [0.25, 0.3) is 0 Å². The smallest absolute Gasteiger partial charge is 0.338 e. The zero-order valence-corrected chi connectivity index (χ0v) is 19.5. The number of ether oxygens (including phenoxy) is 1. The minimum absolute atomic E-state index is 0.106. The Labute approximate surface area is 183 Å². The van der Waals surface area contributed by atoms with Crippen LogP contribution in [0, 0.1) is 6.92 Å². The molecular formula is C22H31ClN2O3S. The van der Waals surface area contributed by atoms with Crippen LogP contribution < -0.4 is 0 Å². The summed E-state index contributed by atoms with van der Waals surface area (Å²) in [6.07, 6.45) is 0. The topological polar surface area (TPSA) is 49.9 Å². The second-order valence-electron chi connectivity index (χ2n) is 8.92. The van der Waals surface area contributed by atoms with Gasteiger partial charge in [0.15, 0.2) is 5.12 Å². The highest BCUT2D eigenvalue weighted by Gasteiger charge is 2.34. The summed E-state index contributed by atoms with van der Waals surface area (Å²) < 4.78 is 5.17. The van der Waals surface area contributed by atoms with Crippen molar-refractivity contribution in [3.63, 3.8) is 0 Å². The number of hydrogen-bond donors (Lipinski definition) is 0. The molecule has 0 radical (unpaired) electrons. The van der Waals surface area contributed by atoms with Gasteiger partial charge in [0.1, 0.15) is 6.61 Å². The fraction of sp³-hybridized carbons (Fsp3) is 0.636. The molecule has 7 heteroatoms. The number of rotatable bonds is 5. The fourth-order valence-electron chi connectivity index (χ4n) is 4.13. The first-order valence-corrected chi connectivity index (χ1v) is 11.6. The first-order chi connectivity index (χ1) is 13.6. The van der Waals surface area contributed by atoms with Gasteiger partial charge in [-0.2, -0.15) is 0 Å². The van der Waals surface area contributed by atoms with Crippen LogP contribution in [-0.2, 0) is 16.1 Å². The molecule has 2 atom stereocenters. The first kappa shape index (κ1) is 22.6. The number of nitrogens with zero attached hydrogens (tertiary/aromatic N) is 2. The van der Waals surface area contributed by atoms with Crippen molar-refractivity contribution in [3.8, 4) is 0 Å². The molecule has 0 aliphatic carbocycles. The van der Waals surface area contributed by atoms with Crippen LogP contribution >= 0.6 is 23.4 Å². The van der Waals surface area contributed by atoms with Crippen molar-refractivity contribution >= 4 is 34.4 Å². The SMILES string of the molecule is CC(=O)SC[C@@H]1CN(C(C)(C)C)CCN1CC(Cl)c1ccc2c(c1C)COC2=O. The van der Waals surface area contributed by atoms with Crippen molar-refractivity contribution in [1.29, 1.82) is 0 Å². The van der Waals surface area contributed by atoms with Crippen LogP contribution in [0.4, 0.5) is 0 Å². The highest BCUT2D eigenvalue weighted by atomic mass is 35.5. The van der Waals surface area contributed by atoms with Crippen molar-refractivity contribution < 1.29 is 14.3 Å². The molecule has 0 saturated carbocycles. The van der Waals surface area contributed by atoms with Crippen molar-refractivity contribution in [3.05, 3.63) is 34.4 Å². The number of carbonyl (C=O) groups is 2. The van der Waals surface area contributed by atoms with Gasteiger partial charge in [-0.3, -0.25) is 14.6 Å². The van der Waals surface area contributed by atoms with Crippen LogP contribution in [0.2, 0.25) is 0 Å². The van der Waals surface area contributed by atoms with Crippen LogP contribution in [0.15, 0.2) is 12.1 Å². The van der Waals surface area contributed by atoms with Crippen molar-refractivity contribution in [2.45, 2.75) is 58.2 Å². The zero-order chi connectivity index (χ0) is 21.3. The Bertz CT molecular complexity index is 793. The van der Waals surface area contributed by atoms with E-state index in [2.05, 4.69) is 30.6 Å². The van der Waals surface area contributed by atoms with Crippen LogP contribution in [0.1, 0.15) is 60.1 Å².